The van der Waals surface area contributed by atoms with Gasteiger partial charge in [0.25, 0.3) is 0 Å². The van der Waals surface area contributed by atoms with Gasteiger partial charge in [0.1, 0.15) is 0 Å². The smallest absolute Gasteiger partial charge is 0.00445 e. The molecule has 2 nitrogen and oxygen atoms in total. The zero-order valence-electron chi connectivity index (χ0n) is 9.44. The summed E-state index contributed by atoms with van der Waals surface area (Å²) >= 11 is 0. The van der Waals surface area contributed by atoms with Crippen molar-refractivity contribution in [1.82, 2.24) is 10.2 Å². The van der Waals surface area contributed by atoms with Crippen LogP contribution in [0.4, 0.5) is 0 Å². The van der Waals surface area contributed by atoms with Crippen molar-refractivity contribution in [1.29, 1.82) is 0 Å². The molecule has 2 heteroatoms. The lowest BCUT2D eigenvalue weighted by Gasteiger charge is -2.32. The molecule has 0 aromatic carbocycles. The molecule has 0 saturated carbocycles. The number of nitrogens with one attached hydrogen (secondary N) is 1. The van der Waals surface area contributed by atoms with Crippen molar-refractivity contribution in [3.63, 3.8) is 0 Å². The quantitative estimate of drug-likeness (QED) is 0.677. The van der Waals surface area contributed by atoms with Crippen molar-refractivity contribution in [2.45, 2.75) is 33.7 Å². The summed E-state index contributed by atoms with van der Waals surface area (Å²) in [5.41, 5.74) is 0.369. The van der Waals surface area contributed by atoms with Gasteiger partial charge in [-0.15, -0.1) is 0 Å². The molecule has 0 aliphatic rings. The van der Waals surface area contributed by atoms with Crippen LogP contribution in [0.1, 0.15) is 27.7 Å². The lowest BCUT2D eigenvalue weighted by Crippen LogP contribution is -2.40. The predicted octanol–water partition coefficient (Wildman–Crippen LogP) is 1.57. The van der Waals surface area contributed by atoms with Crippen LogP contribution in [0.25, 0.3) is 0 Å². The molecule has 0 amide bonds. The number of rotatable bonds is 5. The van der Waals surface area contributed by atoms with Crippen LogP contribution < -0.4 is 5.32 Å². The molecule has 0 bridgehead atoms. The minimum absolute atomic E-state index is 0.369. The second-order valence-corrected chi connectivity index (χ2v) is 4.70. The zero-order chi connectivity index (χ0) is 9.78. The maximum atomic E-state index is 3.23. The third-order valence-electron chi connectivity index (χ3n) is 2.21. The molecule has 0 spiro atoms. The summed E-state index contributed by atoms with van der Waals surface area (Å²) in [5, 5.41) is 3.23. The molecule has 0 fully saturated rings. The second kappa shape index (κ2) is 4.83. The summed E-state index contributed by atoms with van der Waals surface area (Å²) in [5.74, 6) is 0. The average molecular weight is 172 g/mol. The first-order valence-corrected chi connectivity index (χ1v) is 4.74. The third-order valence-corrected chi connectivity index (χ3v) is 2.21. The van der Waals surface area contributed by atoms with E-state index in [0.717, 1.165) is 13.1 Å². The van der Waals surface area contributed by atoms with Crippen LogP contribution in [0.15, 0.2) is 0 Å². The molecule has 0 rings (SSSR count). The van der Waals surface area contributed by atoms with E-state index in [4.69, 9.17) is 0 Å². The normalized spacial score (nSPS) is 13.0. The van der Waals surface area contributed by atoms with E-state index < -0.39 is 0 Å². The number of hydrogen-bond acceptors (Lipinski definition) is 2. The van der Waals surface area contributed by atoms with E-state index in [1.807, 2.05) is 7.05 Å². The Morgan fingerprint density at radius 1 is 1.33 bits per heavy atom. The molecule has 0 saturated heterocycles. The maximum Gasteiger partial charge on any atom is 0.00445 e. The van der Waals surface area contributed by atoms with Crippen LogP contribution in [0.3, 0.4) is 0 Å². The van der Waals surface area contributed by atoms with Gasteiger partial charge in [-0.3, -0.25) is 0 Å². The molecule has 0 aromatic heterocycles. The first-order valence-electron chi connectivity index (χ1n) is 4.74. The first-order chi connectivity index (χ1) is 5.39. The monoisotopic (exact) mass is 172 g/mol. The Kier molecular flexibility index (Phi) is 4.80. The SMILES string of the molecule is CNCC(C)(C)CN(C)C(C)C. The fourth-order valence-electron chi connectivity index (χ4n) is 1.39. The Labute approximate surface area is 77.3 Å². The van der Waals surface area contributed by atoms with Crippen molar-refractivity contribution in [2.24, 2.45) is 5.41 Å². The van der Waals surface area contributed by atoms with E-state index >= 15 is 0 Å². The van der Waals surface area contributed by atoms with Gasteiger partial charge in [0, 0.05) is 19.1 Å². The number of nitrogens with zero attached hydrogens (tertiary/aromatic N) is 1. The third kappa shape index (κ3) is 4.73. The van der Waals surface area contributed by atoms with Crippen LogP contribution in [-0.4, -0.2) is 38.1 Å². The van der Waals surface area contributed by atoms with E-state index in [2.05, 4.69) is 45.0 Å². The van der Waals surface area contributed by atoms with Crippen LogP contribution in [0.5, 0.6) is 0 Å². The van der Waals surface area contributed by atoms with E-state index in [1.165, 1.54) is 0 Å². The highest BCUT2D eigenvalue weighted by Crippen LogP contribution is 2.15. The Bertz CT molecular complexity index is 119. The Balaban J connectivity index is 3.87. The van der Waals surface area contributed by atoms with Gasteiger partial charge in [-0.2, -0.15) is 0 Å². The van der Waals surface area contributed by atoms with Gasteiger partial charge in [-0.25, -0.2) is 0 Å². The minimum Gasteiger partial charge on any atom is -0.319 e. The summed E-state index contributed by atoms with van der Waals surface area (Å²) in [7, 11) is 4.19. The van der Waals surface area contributed by atoms with Crippen LogP contribution in [-0.2, 0) is 0 Å². The van der Waals surface area contributed by atoms with E-state index in [-0.39, 0.29) is 0 Å². The predicted molar refractivity (Wildman–Crippen MR) is 55.5 cm³/mol. The summed E-state index contributed by atoms with van der Waals surface area (Å²) in [6.45, 7) is 11.3. The van der Waals surface area contributed by atoms with Gasteiger partial charge < -0.3 is 10.2 Å². The summed E-state index contributed by atoms with van der Waals surface area (Å²) in [6, 6.07) is 0.640. The molecule has 0 atom stereocenters. The van der Waals surface area contributed by atoms with Gasteiger partial charge in [0.2, 0.25) is 0 Å². The Morgan fingerprint density at radius 2 is 1.83 bits per heavy atom. The van der Waals surface area contributed by atoms with Gasteiger partial charge >= 0.3 is 0 Å². The van der Waals surface area contributed by atoms with Crippen molar-refractivity contribution >= 4 is 0 Å². The second-order valence-electron chi connectivity index (χ2n) is 4.70. The highest BCUT2D eigenvalue weighted by molar-refractivity contribution is 4.75. The van der Waals surface area contributed by atoms with Crippen molar-refractivity contribution in [3.8, 4) is 0 Å². The largest absolute Gasteiger partial charge is 0.319 e. The van der Waals surface area contributed by atoms with Gasteiger partial charge in [0.15, 0.2) is 0 Å². The molecule has 74 valence electrons. The Morgan fingerprint density at radius 3 is 2.17 bits per heavy atom. The highest BCUT2D eigenvalue weighted by atomic mass is 15.1. The molecular formula is C10H24N2. The molecule has 0 aliphatic heterocycles. The molecule has 0 aromatic rings. The van der Waals surface area contributed by atoms with Crippen molar-refractivity contribution in [2.75, 3.05) is 27.2 Å². The minimum atomic E-state index is 0.369. The zero-order valence-corrected chi connectivity index (χ0v) is 9.44. The van der Waals surface area contributed by atoms with Crippen LogP contribution in [0, 0.1) is 5.41 Å². The summed E-state index contributed by atoms with van der Waals surface area (Å²) < 4.78 is 0. The summed E-state index contributed by atoms with van der Waals surface area (Å²) in [6.07, 6.45) is 0. The Hall–Kier alpha value is -0.0800. The molecule has 0 heterocycles. The van der Waals surface area contributed by atoms with E-state index in [9.17, 15) is 0 Å². The van der Waals surface area contributed by atoms with E-state index in [0.29, 0.717) is 11.5 Å². The molecule has 0 aliphatic carbocycles. The molecule has 0 unspecified atom stereocenters. The highest BCUT2D eigenvalue weighted by Gasteiger charge is 2.19. The fourth-order valence-corrected chi connectivity index (χ4v) is 1.39. The first kappa shape index (κ1) is 11.9. The topological polar surface area (TPSA) is 15.3 Å². The fraction of sp³-hybridized carbons (Fsp3) is 1.00. The molecular weight excluding hydrogens is 148 g/mol. The molecule has 0 radical (unpaired) electrons. The lowest BCUT2D eigenvalue weighted by molar-refractivity contribution is 0.176. The van der Waals surface area contributed by atoms with E-state index in [1.54, 1.807) is 0 Å². The van der Waals surface area contributed by atoms with Crippen molar-refractivity contribution in [3.05, 3.63) is 0 Å². The molecule has 12 heavy (non-hydrogen) atoms. The summed E-state index contributed by atoms with van der Waals surface area (Å²) in [4.78, 5) is 2.39. The molecule has 1 N–H and O–H groups in total. The van der Waals surface area contributed by atoms with Crippen molar-refractivity contribution < 1.29 is 0 Å². The lowest BCUT2D eigenvalue weighted by atomic mass is 9.92. The van der Waals surface area contributed by atoms with Gasteiger partial charge in [-0.05, 0) is 33.4 Å². The van der Waals surface area contributed by atoms with Crippen LogP contribution >= 0.6 is 0 Å². The maximum absolute atomic E-state index is 3.23. The number of hydrogen-bond donors (Lipinski definition) is 1. The average Bonchev–Trinajstić information content (AvgIpc) is 1.85. The standard InChI is InChI=1S/C10H24N2/c1-9(2)12(6)8-10(3,4)7-11-5/h9,11H,7-8H2,1-6H3. The van der Waals surface area contributed by atoms with Gasteiger partial charge in [0.05, 0.1) is 0 Å². The van der Waals surface area contributed by atoms with Gasteiger partial charge in [-0.1, -0.05) is 13.8 Å². The van der Waals surface area contributed by atoms with Crippen LogP contribution in [0.2, 0.25) is 0 Å².